The van der Waals surface area contributed by atoms with Crippen LogP contribution >= 0.6 is 15.9 Å². The number of nitro benzene ring substituents is 1. The van der Waals surface area contributed by atoms with Gasteiger partial charge in [-0.15, -0.1) is 0 Å². The fourth-order valence-electron chi connectivity index (χ4n) is 2.24. The van der Waals surface area contributed by atoms with Crippen LogP contribution in [0.15, 0.2) is 22.7 Å². The highest BCUT2D eigenvalue weighted by Gasteiger charge is 2.15. The van der Waals surface area contributed by atoms with Crippen LogP contribution in [0, 0.1) is 10.1 Å². The molecule has 1 aromatic rings. The molecule has 0 aliphatic rings. The summed E-state index contributed by atoms with van der Waals surface area (Å²) in [4.78, 5) is 13.0. The van der Waals surface area contributed by atoms with Gasteiger partial charge in [-0.2, -0.15) is 0 Å². The highest BCUT2D eigenvalue weighted by Crippen LogP contribution is 2.27. The second-order valence-corrected chi connectivity index (χ2v) is 6.19. The van der Waals surface area contributed by atoms with Crippen molar-refractivity contribution in [2.45, 2.75) is 39.8 Å². The molecule has 0 aliphatic heterocycles. The Morgan fingerprint density at radius 1 is 1.30 bits per heavy atom. The second kappa shape index (κ2) is 7.59. The number of hydrogen-bond acceptors (Lipinski definition) is 4. The first kappa shape index (κ1) is 16.9. The molecular weight excluding hydrogens is 322 g/mol. The van der Waals surface area contributed by atoms with E-state index in [0.29, 0.717) is 24.3 Å². The van der Waals surface area contributed by atoms with Gasteiger partial charge in [0.1, 0.15) is 5.69 Å². The fourth-order valence-corrected chi connectivity index (χ4v) is 2.60. The van der Waals surface area contributed by atoms with Crippen molar-refractivity contribution in [2.75, 3.05) is 18.4 Å². The third-order valence-electron chi connectivity index (χ3n) is 3.17. The Balaban J connectivity index is 2.70. The van der Waals surface area contributed by atoms with Gasteiger partial charge in [0.05, 0.1) is 4.92 Å². The molecule has 0 saturated carbocycles. The first-order valence-electron chi connectivity index (χ1n) is 6.76. The zero-order valence-corrected chi connectivity index (χ0v) is 14.0. The minimum atomic E-state index is -0.364. The maximum atomic E-state index is 11.0. The Kier molecular flexibility index (Phi) is 6.42. The first-order chi connectivity index (χ1) is 9.32. The number of anilines is 1. The van der Waals surface area contributed by atoms with Crippen molar-refractivity contribution in [1.29, 1.82) is 0 Å². The van der Waals surface area contributed by atoms with Crippen molar-refractivity contribution in [3.8, 4) is 0 Å². The van der Waals surface area contributed by atoms with E-state index in [2.05, 4.69) is 53.8 Å². The quantitative estimate of drug-likeness (QED) is 0.602. The number of benzene rings is 1. The Hall–Kier alpha value is -1.14. The largest absolute Gasteiger partial charge is 0.378 e. The van der Waals surface area contributed by atoms with Crippen LogP contribution in [0.25, 0.3) is 0 Å². The number of nitrogens with one attached hydrogen (secondary N) is 1. The molecule has 0 atom stereocenters. The summed E-state index contributed by atoms with van der Waals surface area (Å²) < 4.78 is 0.829. The molecule has 1 rings (SSSR count). The molecule has 0 aromatic heterocycles. The molecule has 112 valence electrons. The minimum Gasteiger partial charge on any atom is -0.378 e. The Morgan fingerprint density at radius 3 is 2.40 bits per heavy atom. The highest BCUT2D eigenvalue weighted by molar-refractivity contribution is 9.10. The molecular formula is C14H22BrN3O2. The zero-order chi connectivity index (χ0) is 15.3. The van der Waals surface area contributed by atoms with Gasteiger partial charge in [0.2, 0.25) is 0 Å². The lowest BCUT2D eigenvalue weighted by Gasteiger charge is -2.30. The predicted octanol–water partition coefficient (Wildman–Crippen LogP) is 3.89. The van der Waals surface area contributed by atoms with Crippen LogP contribution in [0.2, 0.25) is 0 Å². The lowest BCUT2D eigenvalue weighted by Crippen LogP contribution is -2.40. The van der Waals surface area contributed by atoms with Gasteiger partial charge in [-0.3, -0.25) is 15.0 Å². The van der Waals surface area contributed by atoms with E-state index in [1.807, 2.05) is 0 Å². The van der Waals surface area contributed by atoms with Crippen LogP contribution in [0.5, 0.6) is 0 Å². The van der Waals surface area contributed by atoms with Crippen LogP contribution in [0.1, 0.15) is 27.7 Å². The van der Waals surface area contributed by atoms with E-state index in [1.165, 1.54) is 6.07 Å². The molecule has 0 heterocycles. The number of hydrogen-bond donors (Lipinski definition) is 1. The zero-order valence-electron chi connectivity index (χ0n) is 12.4. The van der Waals surface area contributed by atoms with Crippen molar-refractivity contribution in [2.24, 2.45) is 0 Å². The van der Waals surface area contributed by atoms with Gasteiger partial charge in [-0.1, -0.05) is 15.9 Å². The molecule has 0 bridgehead atoms. The molecule has 0 saturated heterocycles. The average Bonchev–Trinajstić information content (AvgIpc) is 2.33. The normalized spacial score (nSPS) is 11.4. The molecule has 5 nitrogen and oxygen atoms in total. The van der Waals surface area contributed by atoms with Crippen molar-refractivity contribution in [3.63, 3.8) is 0 Å². The monoisotopic (exact) mass is 343 g/mol. The van der Waals surface area contributed by atoms with Gasteiger partial charge in [0, 0.05) is 35.7 Å². The second-order valence-electron chi connectivity index (χ2n) is 5.27. The molecule has 1 N–H and O–H groups in total. The van der Waals surface area contributed by atoms with Gasteiger partial charge >= 0.3 is 0 Å². The van der Waals surface area contributed by atoms with Crippen molar-refractivity contribution in [3.05, 3.63) is 32.8 Å². The summed E-state index contributed by atoms with van der Waals surface area (Å²) in [7, 11) is 0. The van der Waals surface area contributed by atoms with Gasteiger partial charge in [0.25, 0.3) is 5.69 Å². The maximum absolute atomic E-state index is 11.0. The van der Waals surface area contributed by atoms with Gasteiger partial charge < -0.3 is 5.32 Å². The van der Waals surface area contributed by atoms with Crippen LogP contribution in [-0.4, -0.2) is 35.0 Å². The summed E-state index contributed by atoms with van der Waals surface area (Å²) in [5.41, 5.74) is 0.658. The van der Waals surface area contributed by atoms with Gasteiger partial charge in [-0.25, -0.2) is 0 Å². The Bertz CT molecular complexity index is 456. The van der Waals surface area contributed by atoms with Crippen molar-refractivity contribution >= 4 is 27.3 Å². The van der Waals surface area contributed by atoms with Gasteiger partial charge in [-0.05, 0) is 39.8 Å². The fraction of sp³-hybridized carbons (Fsp3) is 0.571. The first-order valence-corrected chi connectivity index (χ1v) is 7.55. The lowest BCUT2D eigenvalue weighted by atomic mass is 10.2. The summed E-state index contributed by atoms with van der Waals surface area (Å²) >= 11 is 3.34. The minimum absolute atomic E-state index is 0.105. The van der Waals surface area contributed by atoms with Gasteiger partial charge in [0.15, 0.2) is 0 Å². The third-order valence-corrected chi connectivity index (χ3v) is 3.66. The standard InChI is InChI=1S/C14H22BrN3O2/c1-10(2)17(11(3)4)8-7-16-13-9-12(15)5-6-14(13)18(19)20/h5-6,9-11,16H,7-8H2,1-4H3. The summed E-state index contributed by atoms with van der Waals surface area (Å²) in [6.45, 7) is 10.1. The summed E-state index contributed by atoms with van der Waals surface area (Å²) in [5, 5.41) is 14.1. The van der Waals surface area contributed by atoms with E-state index in [9.17, 15) is 10.1 Å². The summed E-state index contributed by atoms with van der Waals surface area (Å²) in [6, 6.07) is 5.84. The Morgan fingerprint density at radius 2 is 1.90 bits per heavy atom. The molecule has 6 heteroatoms. The molecule has 0 spiro atoms. The molecule has 0 amide bonds. The van der Waals surface area contributed by atoms with Crippen LogP contribution in [0.4, 0.5) is 11.4 Å². The molecule has 0 radical (unpaired) electrons. The van der Waals surface area contributed by atoms with E-state index in [4.69, 9.17) is 0 Å². The van der Waals surface area contributed by atoms with E-state index < -0.39 is 0 Å². The van der Waals surface area contributed by atoms with Crippen molar-refractivity contribution in [1.82, 2.24) is 4.90 Å². The highest BCUT2D eigenvalue weighted by atomic mass is 79.9. The predicted molar refractivity (Wildman–Crippen MR) is 86.3 cm³/mol. The SMILES string of the molecule is CC(C)N(CCNc1cc(Br)ccc1[N+](=O)[O-])C(C)C. The van der Waals surface area contributed by atoms with Crippen LogP contribution in [-0.2, 0) is 0 Å². The lowest BCUT2D eigenvalue weighted by molar-refractivity contribution is -0.384. The molecule has 0 fully saturated rings. The smallest absolute Gasteiger partial charge is 0.292 e. The van der Waals surface area contributed by atoms with E-state index in [-0.39, 0.29) is 10.6 Å². The topological polar surface area (TPSA) is 58.4 Å². The summed E-state index contributed by atoms with van der Waals surface area (Å²) in [5.74, 6) is 0. The van der Waals surface area contributed by atoms with Crippen molar-refractivity contribution < 1.29 is 4.92 Å². The molecule has 0 aliphatic carbocycles. The molecule has 20 heavy (non-hydrogen) atoms. The van der Waals surface area contributed by atoms with E-state index in [0.717, 1.165) is 11.0 Å². The number of rotatable bonds is 7. The number of nitro groups is 1. The average molecular weight is 344 g/mol. The maximum Gasteiger partial charge on any atom is 0.292 e. The molecule has 1 aromatic carbocycles. The Labute approximate surface area is 128 Å². The molecule has 0 unspecified atom stereocenters. The van der Waals surface area contributed by atoms with Crippen LogP contribution in [0.3, 0.4) is 0 Å². The van der Waals surface area contributed by atoms with E-state index in [1.54, 1.807) is 12.1 Å². The number of halogens is 1. The number of nitrogens with zero attached hydrogens (tertiary/aromatic N) is 2. The van der Waals surface area contributed by atoms with Crippen LogP contribution < -0.4 is 5.32 Å². The third kappa shape index (κ3) is 4.76. The summed E-state index contributed by atoms with van der Waals surface area (Å²) in [6.07, 6.45) is 0. The van der Waals surface area contributed by atoms with E-state index >= 15 is 0 Å².